The molecule has 0 aliphatic heterocycles. The largest absolute Gasteiger partial charge is 0.387 e. The molecule has 2 atom stereocenters. The Balaban J connectivity index is 1.73. The van der Waals surface area contributed by atoms with Crippen LogP contribution in [0.4, 0.5) is 14.6 Å². The molecule has 7 nitrogen and oxygen atoms in total. The predicted molar refractivity (Wildman–Crippen MR) is 83.0 cm³/mol. The fourth-order valence-electron chi connectivity index (χ4n) is 3.03. The van der Waals surface area contributed by atoms with Crippen molar-refractivity contribution < 1.29 is 18.6 Å². The van der Waals surface area contributed by atoms with E-state index < -0.39 is 23.3 Å². The van der Waals surface area contributed by atoms with Crippen molar-refractivity contribution >= 4 is 11.5 Å². The van der Waals surface area contributed by atoms with E-state index in [0.29, 0.717) is 18.8 Å². The monoisotopic (exact) mass is 341 g/mol. The smallest absolute Gasteiger partial charge is 0.299 e. The summed E-state index contributed by atoms with van der Waals surface area (Å²) in [6.07, 6.45) is -2.25. The molecule has 0 radical (unpaired) electrons. The lowest BCUT2D eigenvalue weighted by Crippen LogP contribution is -2.67. The van der Waals surface area contributed by atoms with Crippen molar-refractivity contribution in [3.8, 4) is 0 Å². The van der Waals surface area contributed by atoms with Crippen LogP contribution in [0, 0.1) is 5.41 Å². The van der Waals surface area contributed by atoms with Gasteiger partial charge in [0.2, 0.25) is 5.82 Å². The summed E-state index contributed by atoms with van der Waals surface area (Å²) in [7, 11) is 0. The Labute approximate surface area is 138 Å². The molecule has 2 N–H and O–H groups in total. The molecular weight excluding hydrogens is 320 g/mol. The number of rotatable bonds is 6. The summed E-state index contributed by atoms with van der Waals surface area (Å²) in [6, 6.07) is 3.17. The maximum absolute atomic E-state index is 12.9. The quantitative estimate of drug-likeness (QED) is 0.836. The fourth-order valence-corrected chi connectivity index (χ4v) is 3.03. The summed E-state index contributed by atoms with van der Waals surface area (Å²) in [5, 5.41) is 25.0. The number of alkyl halides is 2. The van der Waals surface area contributed by atoms with Crippen molar-refractivity contribution in [3.05, 3.63) is 18.0 Å². The van der Waals surface area contributed by atoms with Gasteiger partial charge in [-0.2, -0.15) is 4.52 Å². The van der Waals surface area contributed by atoms with Gasteiger partial charge >= 0.3 is 0 Å². The first kappa shape index (κ1) is 17.0. The van der Waals surface area contributed by atoms with Crippen molar-refractivity contribution in [1.29, 1.82) is 0 Å². The normalized spacial score (nSPS) is 25.9. The second-order valence-corrected chi connectivity index (χ2v) is 6.60. The lowest BCUT2D eigenvalue weighted by Gasteiger charge is -2.58. The minimum atomic E-state index is -2.76. The van der Waals surface area contributed by atoms with Crippen LogP contribution in [-0.2, 0) is 4.74 Å². The van der Waals surface area contributed by atoms with Crippen LogP contribution in [-0.4, -0.2) is 49.8 Å². The molecule has 0 aromatic carbocycles. The van der Waals surface area contributed by atoms with Gasteiger partial charge in [-0.1, -0.05) is 13.8 Å². The Morgan fingerprint density at radius 1 is 1.42 bits per heavy atom. The zero-order valence-corrected chi connectivity index (χ0v) is 13.8. The zero-order chi connectivity index (χ0) is 17.5. The molecule has 1 saturated carbocycles. The molecule has 2 heterocycles. The van der Waals surface area contributed by atoms with Gasteiger partial charge in [0.15, 0.2) is 5.65 Å². The Morgan fingerprint density at radius 3 is 2.79 bits per heavy atom. The van der Waals surface area contributed by atoms with Crippen LogP contribution in [0.2, 0.25) is 0 Å². The SMILES string of the molecule is CCO[C@H]1C[C@](O)(CNc2ccc3nnc(C(F)F)n3n2)C1(C)C. The highest BCUT2D eigenvalue weighted by Crippen LogP contribution is 2.51. The van der Waals surface area contributed by atoms with Crippen molar-refractivity contribution in [1.82, 2.24) is 19.8 Å². The summed E-state index contributed by atoms with van der Waals surface area (Å²) in [5.41, 5.74) is -1.12. The topological polar surface area (TPSA) is 84.6 Å². The van der Waals surface area contributed by atoms with Gasteiger partial charge in [0.05, 0.1) is 11.7 Å². The molecule has 2 aromatic rings. The van der Waals surface area contributed by atoms with E-state index in [2.05, 4.69) is 20.6 Å². The van der Waals surface area contributed by atoms with Crippen LogP contribution in [0.25, 0.3) is 5.65 Å². The number of hydrogen-bond acceptors (Lipinski definition) is 6. The maximum atomic E-state index is 12.9. The average Bonchev–Trinajstić information content (AvgIpc) is 2.96. The summed E-state index contributed by atoms with van der Waals surface area (Å²) in [4.78, 5) is 0. The Bertz CT molecular complexity index is 736. The lowest BCUT2D eigenvalue weighted by atomic mass is 9.56. The summed E-state index contributed by atoms with van der Waals surface area (Å²) < 4.78 is 32.4. The molecule has 0 saturated heterocycles. The molecule has 1 aliphatic rings. The van der Waals surface area contributed by atoms with Crippen LogP contribution in [0.5, 0.6) is 0 Å². The number of nitrogens with zero attached hydrogens (tertiary/aromatic N) is 4. The second kappa shape index (κ2) is 5.89. The molecular formula is C15H21F2N5O2. The van der Waals surface area contributed by atoms with Gasteiger partial charge in [-0.25, -0.2) is 8.78 Å². The van der Waals surface area contributed by atoms with Crippen molar-refractivity contribution in [2.24, 2.45) is 5.41 Å². The highest BCUT2D eigenvalue weighted by molar-refractivity contribution is 5.44. The number of aromatic nitrogens is 4. The second-order valence-electron chi connectivity index (χ2n) is 6.60. The van der Waals surface area contributed by atoms with Crippen LogP contribution < -0.4 is 5.32 Å². The molecule has 1 fully saturated rings. The van der Waals surface area contributed by atoms with E-state index in [1.54, 1.807) is 12.1 Å². The summed E-state index contributed by atoms with van der Waals surface area (Å²) >= 11 is 0. The van der Waals surface area contributed by atoms with Gasteiger partial charge in [0, 0.05) is 25.0 Å². The van der Waals surface area contributed by atoms with Crippen molar-refractivity contribution in [2.75, 3.05) is 18.5 Å². The van der Waals surface area contributed by atoms with Crippen LogP contribution in [0.15, 0.2) is 12.1 Å². The first-order valence-corrected chi connectivity index (χ1v) is 7.87. The molecule has 3 rings (SSSR count). The molecule has 132 valence electrons. The summed E-state index contributed by atoms with van der Waals surface area (Å²) in [5.74, 6) is -0.138. The summed E-state index contributed by atoms with van der Waals surface area (Å²) in [6.45, 7) is 6.66. The average molecular weight is 341 g/mol. The minimum Gasteiger partial charge on any atom is -0.387 e. The van der Waals surface area contributed by atoms with Gasteiger partial charge in [0.1, 0.15) is 5.82 Å². The first-order chi connectivity index (χ1) is 11.3. The highest BCUT2D eigenvalue weighted by atomic mass is 19.3. The maximum Gasteiger partial charge on any atom is 0.299 e. The highest BCUT2D eigenvalue weighted by Gasteiger charge is 2.59. The van der Waals surface area contributed by atoms with E-state index in [1.807, 2.05) is 20.8 Å². The van der Waals surface area contributed by atoms with E-state index >= 15 is 0 Å². The molecule has 0 unspecified atom stereocenters. The number of anilines is 1. The van der Waals surface area contributed by atoms with Gasteiger partial charge in [-0.05, 0) is 19.1 Å². The van der Waals surface area contributed by atoms with Crippen molar-refractivity contribution in [2.45, 2.75) is 45.3 Å². The number of ether oxygens (including phenoxy) is 1. The predicted octanol–water partition coefficient (Wildman–Crippen LogP) is 2.04. The number of hydrogen-bond donors (Lipinski definition) is 2. The number of fused-ring (bicyclic) bond motifs is 1. The first-order valence-electron chi connectivity index (χ1n) is 7.87. The van der Waals surface area contributed by atoms with E-state index in [-0.39, 0.29) is 18.3 Å². The third-order valence-electron chi connectivity index (χ3n) is 4.94. The van der Waals surface area contributed by atoms with E-state index in [4.69, 9.17) is 4.74 Å². The lowest BCUT2D eigenvalue weighted by molar-refractivity contribution is -0.233. The van der Waals surface area contributed by atoms with Crippen LogP contribution >= 0.6 is 0 Å². The van der Waals surface area contributed by atoms with E-state index in [0.717, 1.165) is 4.52 Å². The molecule has 9 heteroatoms. The minimum absolute atomic E-state index is 0.00646. The Hall–Kier alpha value is -1.87. The number of aliphatic hydroxyl groups is 1. The number of nitrogens with one attached hydrogen (secondary N) is 1. The van der Waals surface area contributed by atoms with Crippen molar-refractivity contribution in [3.63, 3.8) is 0 Å². The molecule has 1 aliphatic carbocycles. The zero-order valence-electron chi connectivity index (χ0n) is 13.8. The Morgan fingerprint density at radius 2 is 2.17 bits per heavy atom. The fraction of sp³-hybridized carbons (Fsp3) is 0.667. The third kappa shape index (κ3) is 2.61. The number of halogens is 2. The van der Waals surface area contributed by atoms with Crippen LogP contribution in [0.3, 0.4) is 0 Å². The van der Waals surface area contributed by atoms with Crippen LogP contribution in [0.1, 0.15) is 39.4 Å². The molecule has 24 heavy (non-hydrogen) atoms. The molecule has 0 spiro atoms. The molecule has 2 aromatic heterocycles. The van der Waals surface area contributed by atoms with Gasteiger partial charge in [-0.3, -0.25) is 0 Å². The third-order valence-corrected chi connectivity index (χ3v) is 4.94. The van der Waals surface area contributed by atoms with E-state index in [9.17, 15) is 13.9 Å². The molecule has 0 bridgehead atoms. The Kier molecular flexibility index (Phi) is 4.16. The van der Waals surface area contributed by atoms with Gasteiger partial charge in [-0.15, -0.1) is 15.3 Å². The van der Waals surface area contributed by atoms with Gasteiger partial charge < -0.3 is 15.2 Å². The van der Waals surface area contributed by atoms with Gasteiger partial charge in [0.25, 0.3) is 6.43 Å². The molecule has 0 amide bonds. The van der Waals surface area contributed by atoms with E-state index in [1.165, 1.54) is 0 Å². The standard InChI is InChI=1S/C15H21F2N5O2/c1-4-24-9-7-15(23,14(9,2)3)8-18-10-5-6-11-19-20-13(12(16)17)22(11)21-10/h5-6,9,12,23H,4,7-8H2,1-3H3,(H,18,21)/t9-,15-/m0/s1.